The molecule has 0 saturated carbocycles. The zero-order valence-electron chi connectivity index (χ0n) is 11.8. The van der Waals surface area contributed by atoms with Crippen LogP contribution in [-0.2, 0) is 6.42 Å². The Balaban J connectivity index is 2.31. The molecular weight excluding hydrogens is 206 g/mol. The number of nitrogens with one attached hydrogen (secondary N) is 1. The van der Waals surface area contributed by atoms with E-state index in [9.17, 15) is 0 Å². The first-order chi connectivity index (χ1) is 7.99. The summed E-state index contributed by atoms with van der Waals surface area (Å²) >= 11 is 0. The minimum absolute atomic E-state index is 0.380. The highest BCUT2D eigenvalue weighted by molar-refractivity contribution is 5.16. The lowest BCUT2D eigenvalue weighted by atomic mass is 9.82. The van der Waals surface area contributed by atoms with E-state index in [-0.39, 0.29) is 0 Å². The normalized spacial score (nSPS) is 12.1. The van der Waals surface area contributed by atoms with E-state index in [0.717, 1.165) is 25.4 Å². The van der Waals surface area contributed by atoms with E-state index in [2.05, 4.69) is 63.3 Å². The Morgan fingerprint density at radius 1 is 1.12 bits per heavy atom. The van der Waals surface area contributed by atoms with Gasteiger partial charge in [0.25, 0.3) is 0 Å². The summed E-state index contributed by atoms with van der Waals surface area (Å²) in [7, 11) is 0. The highest BCUT2D eigenvalue weighted by Crippen LogP contribution is 2.25. The number of benzene rings is 1. The Bertz CT molecular complexity index is 301. The van der Waals surface area contributed by atoms with Crippen LogP contribution in [0.15, 0.2) is 30.3 Å². The van der Waals surface area contributed by atoms with Crippen LogP contribution >= 0.6 is 0 Å². The molecule has 0 unspecified atom stereocenters. The van der Waals surface area contributed by atoms with Gasteiger partial charge in [0.15, 0.2) is 0 Å². The molecule has 0 bridgehead atoms. The third-order valence-corrected chi connectivity index (χ3v) is 3.06. The van der Waals surface area contributed by atoms with Gasteiger partial charge < -0.3 is 5.32 Å². The van der Waals surface area contributed by atoms with Crippen LogP contribution in [0.1, 0.15) is 39.7 Å². The van der Waals surface area contributed by atoms with Crippen LogP contribution in [0, 0.1) is 11.3 Å². The zero-order valence-corrected chi connectivity index (χ0v) is 11.8. The van der Waals surface area contributed by atoms with Crippen molar-refractivity contribution in [1.82, 2.24) is 5.32 Å². The van der Waals surface area contributed by atoms with E-state index in [1.165, 1.54) is 12.0 Å². The first-order valence-electron chi connectivity index (χ1n) is 6.74. The maximum absolute atomic E-state index is 3.53. The van der Waals surface area contributed by atoms with E-state index >= 15 is 0 Å². The number of rotatable bonds is 7. The second-order valence-electron chi connectivity index (χ2n) is 6.17. The van der Waals surface area contributed by atoms with Crippen molar-refractivity contribution in [2.75, 3.05) is 13.1 Å². The number of hydrogen-bond acceptors (Lipinski definition) is 1. The fourth-order valence-electron chi connectivity index (χ4n) is 2.05. The van der Waals surface area contributed by atoms with Crippen molar-refractivity contribution in [2.24, 2.45) is 11.3 Å². The lowest BCUT2D eigenvalue weighted by molar-refractivity contribution is 0.322. The Hall–Kier alpha value is -0.820. The summed E-state index contributed by atoms with van der Waals surface area (Å²) in [5.74, 6) is 0.743. The van der Waals surface area contributed by atoms with Crippen LogP contribution in [0.25, 0.3) is 0 Å². The second kappa shape index (κ2) is 6.80. The van der Waals surface area contributed by atoms with Crippen LogP contribution in [0.3, 0.4) is 0 Å². The average molecular weight is 233 g/mol. The summed E-state index contributed by atoms with van der Waals surface area (Å²) < 4.78 is 0. The number of hydrogen-bond donors (Lipinski definition) is 1. The fraction of sp³-hybridized carbons (Fsp3) is 0.625. The minimum atomic E-state index is 0.380. The Kier molecular flexibility index (Phi) is 5.70. The highest BCUT2D eigenvalue weighted by Gasteiger charge is 2.17. The monoisotopic (exact) mass is 233 g/mol. The Morgan fingerprint density at radius 2 is 1.76 bits per heavy atom. The third kappa shape index (κ3) is 6.48. The van der Waals surface area contributed by atoms with Crippen molar-refractivity contribution in [3.05, 3.63) is 35.9 Å². The SMILES string of the molecule is CC(C)CNCCC(C)(C)Cc1ccccc1. The van der Waals surface area contributed by atoms with Crippen LogP contribution in [0.4, 0.5) is 0 Å². The molecule has 1 heteroatoms. The molecule has 0 aromatic heterocycles. The van der Waals surface area contributed by atoms with Gasteiger partial charge in [0.2, 0.25) is 0 Å². The van der Waals surface area contributed by atoms with Crippen molar-refractivity contribution >= 4 is 0 Å². The molecular formula is C16H27N. The molecule has 0 amide bonds. The minimum Gasteiger partial charge on any atom is -0.316 e. The van der Waals surface area contributed by atoms with Gasteiger partial charge in [-0.3, -0.25) is 0 Å². The van der Waals surface area contributed by atoms with Crippen LogP contribution < -0.4 is 5.32 Å². The summed E-state index contributed by atoms with van der Waals surface area (Å²) in [6.07, 6.45) is 2.39. The van der Waals surface area contributed by atoms with Gasteiger partial charge >= 0.3 is 0 Å². The summed E-state index contributed by atoms with van der Waals surface area (Å²) in [6, 6.07) is 10.8. The van der Waals surface area contributed by atoms with Gasteiger partial charge in [0.1, 0.15) is 0 Å². The molecule has 0 aliphatic rings. The summed E-state index contributed by atoms with van der Waals surface area (Å²) in [6.45, 7) is 11.5. The first-order valence-corrected chi connectivity index (χ1v) is 6.74. The standard InChI is InChI=1S/C16H27N/c1-14(2)13-17-11-10-16(3,4)12-15-8-6-5-7-9-15/h5-9,14,17H,10-13H2,1-4H3. The van der Waals surface area contributed by atoms with Gasteiger partial charge in [-0.25, -0.2) is 0 Å². The van der Waals surface area contributed by atoms with Crippen LogP contribution in [0.5, 0.6) is 0 Å². The molecule has 17 heavy (non-hydrogen) atoms. The largest absolute Gasteiger partial charge is 0.316 e. The van der Waals surface area contributed by atoms with E-state index < -0.39 is 0 Å². The molecule has 1 rings (SSSR count). The van der Waals surface area contributed by atoms with Crippen LogP contribution in [-0.4, -0.2) is 13.1 Å². The van der Waals surface area contributed by atoms with E-state index in [0.29, 0.717) is 5.41 Å². The van der Waals surface area contributed by atoms with Gasteiger partial charge in [-0.1, -0.05) is 58.0 Å². The van der Waals surface area contributed by atoms with E-state index in [1.807, 2.05) is 0 Å². The molecule has 1 nitrogen and oxygen atoms in total. The quantitative estimate of drug-likeness (QED) is 0.705. The molecule has 1 aromatic carbocycles. The van der Waals surface area contributed by atoms with Gasteiger partial charge in [-0.05, 0) is 42.8 Å². The highest BCUT2D eigenvalue weighted by atomic mass is 14.8. The second-order valence-corrected chi connectivity index (χ2v) is 6.17. The van der Waals surface area contributed by atoms with Gasteiger partial charge in [-0.2, -0.15) is 0 Å². The Morgan fingerprint density at radius 3 is 2.35 bits per heavy atom. The van der Waals surface area contributed by atoms with Crippen molar-refractivity contribution in [2.45, 2.75) is 40.5 Å². The molecule has 0 fully saturated rings. The third-order valence-electron chi connectivity index (χ3n) is 3.06. The van der Waals surface area contributed by atoms with Crippen LogP contribution in [0.2, 0.25) is 0 Å². The molecule has 1 N–H and O–H groups in total. The average Bonchev–Trinajstić information content (AvgIpc) is 2.25. The molecule has 0 aliphatic carbocycles. The van der Waals surface area contributed by atoms with E-state index in [1.54, 1.807) is 0 Å². The van der Waals surface area contributed by atoms with Crippen molar-refractivity contribution in [3.8, 4) is 0 Å². The molecule has 0 radical (unpaired) electrons. The molecule has 96 valence electrons. The molecule has 0 atom stereocenters. The predicted molar refractivity (Wildman–Crippen MR) is 76.3 cm³/mol. The summed E-state index contributed by atoms with van der Waals surface area (Å²) in [5, 5.41) is 3.53. The van der Waals surface area contributed by atoms with Gasteiger partial charge in [-0.15, -0.1) is 0 Å². The fourth-order valence-corrected chi connectivity index (χ4v) is 2.05. The Labute approximate surface area is 107 Å². The molecule has 1 aromatic rings. The molecule has 0 spiro atoms. The topological polar surface area (TPSA) is 12.0 Å². The lowest BCUT2D eigenvalue weighted by Gasteiger charge is -2.25. The lowest BCUT2D eigenvalue weighted by Crippen LogP contribution is -2.26. The summed E-state index contributed by atoms with van der Waals surface area (Å²) in [5.41, 5.74) is 1.83. The maximum Gasteiger partial charge on any atom is -0.00258 e. The summed E-state index contributed by atoms with van der Waals surface area (Å²) in [4.78, 5) is 0. The van der Waals surface area contributed by atoms with Crippen molar-refractivity contribution in [1.29, 1.82) is 0 Å². The van der Waals surface area contributed by atoms with Crippen molar-refractivity contribution < 1.29 is 0 Å². The first kappa shape index (κ1) is 14.2. The molecule has 0 saturated heterocycles. The predicted octanol–water partition coefficient (Wildman–Crippen LogP) is 3.89. The maximum atomic E-state index is 3.53. The van der Waals surface area contributed by atoms with Crippen molar-refractivity contribution in [3.63, 3.8) is 0 Å². The smallest absolute Gasteiger partial charge is 0.00258 e. The molecule has 0 aliphatic heterocycles. The molecule has 0 heterocycles. The van der Waals surface area contributed by atoms with E-state index in [4.69, 9.17) is 0 Å². The van der Waals surface area contributed by atoms with Gasteiger partial charge in [0.05, 0.1) is 0 Å². The van der Waals surface area contributed by atoms with Gasteiger partial charge in [0, 0.05) is 0 Å². The zero-order chi connectivity index (χ0) is 12.7.